The Morgan fingerprint density at radius 2 is 2.00 bits per heavy atom. The zero-order valence-corrected chi connectivity index (χ0v) is 14.8. The van der Waals surface area contributed by atoms with Gasteiger partial charge in [0.2, 0.25) is 0 Å². The number of ether oxygens (including phenoxy) is 1. The highest BCUT2D eigenvalue weighted by Gasteiger charge is 2.19. The molecule has 1 aliphatic rings. The lowest BCUT2D eigenvalue weighted by Crippen LogP contribution is -2.48. The Kier molecular flexibility index (Phi) is 6.84. The van der Waals surface area contributed by atoms with Crippen LogP contribution in [0.15, 0.2) is 24.3 Å². The number of alkyl halides is 1. The largest absolute Gasteiger partial charge is 0.497 e. The first-order chi connectivity index (χ1) is 10.3. The molecule has 1 atom stereocenters. The third kappa shape index (κ3) is 4.89. The summed E-state index contributed by atoms with van der Waals surface area (Å²) >= 11 is 3.66. The zero-order valence-electron chi connectivity index (χ0n) is 13.2. The summed E-state index contributed by atoms with van der Waals surface area (Å²) in [5, 5.41) is 1.12. The van der Waals surface area contributed by atoms with Crippen LogP contribution in [0, 0.1) is 5.92 Å². The van der Waals surface area contributed by atoms with E-state index in [4.69, 9.17) is 4.74 Å². The monoisotopic (exact) mass is 354 g/mol. The van der Waals surface area contributed by atoms with E-state index in [0.29, 0.717) is 0 Å². The van der Waals surface area contributed by atoms with E-state index in [1.165, 1.54) is 25.1 Å². The number of hydrogen-bond donors (Lipinski definition) is 0. The highest BCUT2D eigenvalue weighted by atomic mass is 79.9. The van der Waals surface area contributed by atoms with Crippen molar-refractivity contribution in [2.75, 3.05) is 50.1 Å². The van der Waals surface area contributed by atoms with Crippen LogP contribution in [0.2, 0.25) is 0 Å². The Hall–Kier alpha value is -0.740. The molecule has 0 aliphatic carbocycles. The molecular weight excluding hydrogens is 328 g/mol. The van der Waals surface area contributed by atoms with Gasteiger partial charge < -0.3 is 9.64 Å². The molecule has 118 valence electrons. The van der Waals surface area contributed by atoms with Crippen LogP contribution in [0.3, 0.4) is 0 Å². The van der Waals surface area contributed by atoms with Crippen molar-refractivity contribution in [3.63, 3.8) is 0 Å². The van der Waals surface area contributed by atoms with Gasteiger partial charge in [-0.2, -0.15) is 0 Å². The number of nitrogens with zero attached hydrogens (tertiary/aromatic N) is 2. The number of piperazine rings is 1. The fourth-order valence-corrected chi connectivity index (χ4v) is 3.51. The molecule has 0 amide bonds. The molecule has 21 heavy (non-hydrogen) atoms. The second-order valence-corrected chi connectivity index (χ2v) is 6.45. The second-order valence-electron chi connectivity index (χ2n) is 5.80. The Morgan fingerprint density at radius 1 is 1.24 bits per heavy atom. The first kappa shape index (κ1) is 16.6. The lowest BCUT2D eigenvalue weighted by molar-refractivity contribution is 0.222. The summed E-state index contributed by atoms with van der Waals surface area (Å²) in [5.41, 5.74) is 1.28. The first-order valence-electron chi connectivity index (χ1n) is 7.94. The number of benzene rings is 1. The zero-order chi connectivity index (χ0) is 15.1. The Morgan fingerprint density at radius 3 is 2.62 bits per heavy atom. The van der Waals surface area contributed by atoms with Crippen molar-refractivity contribution in [3.05, 3.63) is 24.3 Å². The van der Waals surface area contributed by atoms with Crippen molar-refractivity contribution in [1.82, 2.24) is 4.90 Å². The van der Waals surface area contributed by atoms with Crippen molar-refractivity contribution in [1.29, 1.82) is 0 Å². The predicted octanol–water partition coefficient (Wildman–Crippen LogP) is 3.63. The summed E-state index contributed by atoms with van der Waals surface area (Å²) in [6.07, 6.45) is 2.60. The molecule has 1 fully saturated rings. The van der Waals surface area contributed by atoms with Crippen molar-refractivity contribution >= 4 is 21.6 Å². The van der Waals surface area contributed by atoms with Crippen LogP contribution < -0.4 is 9.64 Å². The van der Waals surface area contributed by atoms with Gasteiger partial charge in [-0.25, -0.2) is 0 Å². The van der Waals surface area contributed by atoms with Crippen LogP contribution in [-0.4, -0.2) is 50.1 Å². The van der Waals surface area contributed by atoms with E-state index in [2.05, 4.69) is 50.9 Å². The van der Waals surface area contributed by atoms with Gasteiger partial charge in [-0.1, -0.05) is 35.3 Å². The first-order valence-corrected chi connectivity index (χ1v) is 9.06. The van der Waals surface area contributed by atoms with Gasteiger partial charge in [0.1, 0.15) is 5.75 Å². The van der Waals surface area contributed by atoms with Gasteiger partial charge >= 0.3 is 0 Å². The second kappa shape index (κ2) is 8.64. The number of halogens is 1. The average Bonchev–Trinajstić information content (AvgIpc) is 2.55. The third-order valence-electron chi connectivity index (χ3n) is 4.22. The molecule has 1 saturated heterocycles. The molecule has 1 unspecified atom stereocenters. The van der Waals surface area contributed by atoms with Crippen molar-refractivity contribution in [3.8, 4) is 5.75 Å². The molecule has 0 N–H and O–H groups in total. The van der Waals surface area contributed by atoms with Crippen LogP contribution in [-0.2, 0) is 0 Å². The molecule has 0 bridgehead atoms. The van der Waals surface area contributed by atoms with E-state index in [1.807, 2.05) is 6.07 Å². The van der Waals surface area contributed by atoms with Crippen LogP contribution >= 0.6 is 15.9 Å². The topological polar surface area (TPSA) is 15.7 Å². The molecule has 0 aromatic heterocycles. The minimum absolute atomic E-state index is 0.790. The van der Waals surface area contributed by atoms with E-state index in [0.717, 1.165) is 43.2 Å². The van der Waals surface area contributed by atoms with Gasteiger partial charge in [-0.05, 0) is 24.5 Å². The average molecular weight is 355 g/mol. The number of hydrogen-bond acceptors (Lipinski definition) is 3. The minimum atomic E-state index is 0.790. The van der Waals surface area contributed by atoms with E-state index in [1.54, 1.807) is 7.11 Å². The molecule has 0 spiro atoms. The Labute approximate surface area is 137 Å². The van der Waals surface area contributed by atoms with Crippen molar-refractivity contribution in [2.24, 2.45) is 5.92 Å². The molecule has 4 heteroatoms. The summed E-state index contributed by atoms with van der Waals surface area (Å²) in [6.45, 7) is 8.03. The van der Waals surface area contributed by atoms with Gasteiger partial charge in [-0.15, -0.1) is 0 Å². The molecule has 0 radical (unpaired) electrons. The standard InChI is InChI=1S/C17H27BrN2O/c1-3-5-15(13-18)14-19-8-10-20(11-9-19)16-6-4-7-17(12-16)21-2/h4,6-7,12,15H,3,5,8-11,13-14H2,1-2H3. The van der Waals surface area contributed by atoms with Gasteiger partial charge in [0, 0.05) is 49.8 Å². The molecule has 1 aromatic rings. The van der Waals surface area contributed by atoms with E-state index >= 15 is 0 Å². The van der Waals surface area contributed by atoms with Crippen molar-refractivity contribution < 1.29 is 4.74 Å². The maximum absolute atomic E-state index is 5.32. The van der Waals surface area contributed by atoms with Crippen LogP contribution in [0.1, 0.15) is 19.8 Å². The van der Waals surface area contributed by atoms with Gasteiger partial charge in [-0.3, -0.25) is 4.90 Å². The smallest absolute Gasteiger partial charge is 0.120 e. The fourth-order valence-electron chi connectivity index (χ4n) is 2.99. The number of methoxy groups -OCH3 is 1. The maximum atomic E-state index is 5.32. The van der Waals surface area contributed by atoms with E-state index < -0.39 is 0 Å². The Bertz CT molecular complexity index is 419. The molecule has 0 saturated carbocycles. The predicted molar refractivity (Wildman–Crippen MR) is 93.8 cm³/mol. The molecule has 1 aromatic carbocycles. The van der Waals surface area contributed by atoms with Crippen LogP contribution in [0.25, 0.3) is 0 Å². The summed E-state index contributed by atoms with van der Waals surface area (Å²) in [4.78, 5) is 5.07. The van der Waals surface area contributed by atoms with Gasteiger partial charge in [0.25, 0.3) is 0 Å². The lowest BCUT2D eigenvalue weighted by Gasteiger charge is -2.37. The molecular formula is C17H27BrN2O. The summed E-state index contributed by atoms with van der Waals surface area (Å²) < 4.78 is 5.32. The van der Waals surface area contributed by atoms with Gasteiger partial charge in [0.05, 0.1) is 7.11 Å². The van der Waals surface area contributed by atoms with E-state index in [9.17, 15) is 0 Å². The van der Waals surface area contributed by atoms with Crippen LogP contribution in [0.4, 0.5) is 5.69 Å². The third-order valence-corrected chi connectivity index (χ3v) is 5.14. The molecule has 1 aliphatic heterocycles. The Balaban J connectivity index is 1.85. The molecule has 2 rings (SSSR count). The highest BCUT2D eigenvalue weighted by Crippen LogP contribution is 2.22. The lowest BCUT2D eigenvalue weighted by atomic mass is 10.1. The summed E-state index contributed by atoms with van der Waals surface area (Å²) in [6, 6.07) is 8.39. The maximum Gasteiger partial charge on any atom is 0.120 e. The van der Waals surface area contributed by atoms with Gasteiger partial charge in [0.15, 0.2) is 0 Å². The molecule has 1 heterocycles. The van der Waals surface area contributed by atoms with Crippen LogP contribution in [0.5, 0.6) is 5.75 Å². The van der Waals surface area contributed by atoms with E-state index in [-0.39, 0.29) is 0 Å². The number of anilines is 1. The quantitative estimate of drug-likeness (QED) is 0.695. The highest BCUT2D eigenvalue weighted by molar-refractivity contribution is 9.09. The molecule has 3 nitrogen and oxygen atoms in total. The SMILES string of the molecule is CCCC(CBr)CN1CCN(c2cccc(OC)c2)CC1. The minimum Gasteiger partial charge on any atom is -0.497 e. The normalized spacial score (nSPS) is 17.8. The number of rotatable bonds is 7. The summed E-state index contributed by atoms with van der Waals surface area (Å²) in [7, 11) is 1.73. The fraction of sp³-hybridized carbons (Fsp3) is 0.647. The summed E-state index contributed by atoms with van der Waals surface area (Å²) in [5.74, 6) is 1.73. The van der Waals surface area contributed by atoms with Crippen molar-refractivity contribution in [2.45, 2.75) is 19.8 Å².